The molecule has 0 amide bonds. The van der Waals surface area contributed by atoms with Crippen molar-refractivity contribution in [2.45, 2.75) is 44.4 Å². The molecule has 1 aliphatic carbocycles. The van der Waals surface area contributed by atoms with Crippen LogP contribution in [0.3, 0.4) is 0 Å². The van der Waals surface area contributed by atoms with E-state index in [4.69, 9.17) is 21.4 Å². The lowest BCUT2D eigenvalue weighted by Gasteiger charge is -2.18. The van der Waals surface area contributed by atoms with Crippen LogP contribution in [0.4, 0.5) is 0 Å². The highest BCUT2D eigenvalue weighted by Crippen LogP contribution is 2.42. The zero-order valence-corrected chi connectivity index (χ0v) is 15.8. The van der Waals surface area contributed by atoms with Crippen molar-refractivity contribution in [3.05, 3.63) is 64.7 Å². The van der Waals surface area contributed by atoms with Crippen molar-refractivity contribution >= 4 is 17.6 Å². The van der Waals surface area contributed by atoms with E-state index < -0.39 is 5.97 Å². The summed E-state index contributed by atoms with van der Waals surface area (Å²) in [6.45, 7) is 1.99. The topological polar surface area (TPSA) is 46.5 Å². The molecular weight excluding hydrogens is 348 g/mol. The first-order valence-electron chi connectivity index (χ1n) is 9.21. The van der Waals surface area contributed by atoms with E-state index in [1.165, 1.54) is 36.8 Å². The van der Waals surface area contributed by atoms with Gasteiger partial charge in [-0.05, 0) is 78.8 Å². The minimum atomic E-state index is -0.957. The second-order valence-corrected chi connectivity index (χ2v) is 7.76. The van der Waals surface area contributed by atoms with Gasteiger partial charge in [-0.15, -0.1) is 0 Å². The first kappa shape index (κ1) is 18.8. The van der Waals surface area contributed by atoms with Crippen LogP contribution in [0.25, 0.3) is 0 Å². The largest absolute Gasteiger partial charge is 0.482 e. The van der Waals surface area contributed by atoms with E-state index in [1.807, 2.05) is 24.3 Å². The summed E-state index contributed by atoms with van der Waals surface area (Å²) in [6.07, 6.45) is 4.87. The quantitative estimate of drug-likeness (QED) is 0.660. The van der Waals surface area contributed by atoms with Crippen LogP contribution >= 0.6 is 11.6 Å². The number of hydrogen-bond acceptors (Lipinski definition) is 2. The van der Waals surface area contributed by atoms with E-state index >= 15 is 0 Å². The molecule has 0 heterocycles. The number of carbonyl (C=O) groups is 1. The lowest BCUT2D eigenvalue weighted by atomic mass is 9.88. The summed E-state index contributed by atoms with van der Waals surface area (Å²) in [5.74, 6) is 1.49. The predicted octanol–water partition coefficient (Wildman–Crippen LogP) is 5.88. The number of carboxylic acids is 1. The number of hydrogen-bond donors (Lipinski definition) is 1. The van der Waals surface area contributed by atoms with Crippen molar-refractivity contribution < 1.29 is 14.6 Å². The molecular formula is C22H25ClO3. The Morgan fingerprint density at radius 1 is 1.23 bits per heavy atom. The molecule has 3 atom stereocenters. The maximum absolute atomic E-state index is 10.6. The summed E-state index contributed by atoms with van der Waals surface area (Å²) in [5.41, 5.74) is 2.64. The van der Waals surface area contributed by atoms with Crippen molar-refractivity contribution in [2.75, 3.05) is 6.61 Å². The first-order chi connectivity index (χ1) is 12.5. The molecule has 1 saturated carbocycles. The van der Waals surface area contributed by atoms with Gasteiger partial charge in [-0.25, -0.2) is 4.79 Å². The van der Waals surface area contributed by atoms with E-state index in [-0.39, 0.29) is 6.61 Å². The Morgan fingerprint density at radius 3 is 2.69 bits per heavy atom. The van der Waals surface area contributed by atoms with Crippen molar-refractivity contribution in [3.8, 4) is 5.75 Å². The Kier molecular flexibility index (Phi) is 6.20. The Labute approximate surface area is 160 Å². The standard InChI is InChI=1S/C22H25ClO3/c1-15(18-3-2-4-20(23)13-18)11-16-5-6-19(12-16)17-7-9-21(10-8-17)26-14-22(24)25/h2-4,7-10,13,15-16,19H,5-6,11-12,14H2,1H3,(H,24,25)/t15-,16+,19+/m0/s1. The van der Waals surface area contributed by atoms with Crippen LogP contribution in [-0.2, 0) is 4.79 Å². The van der Waals surface area contributed by atoms with E-state index in [2.05, 4.69) is 31.2 Å². The molecule has 0 bridgehead atoms. The Bertz CT molecular complexity index is 741. The third-order valence-corrected chi connectivity index (χ3v) is 5.59. The first-order valence-corrected chi connectivity index (χ1v) is 9.59. The van der Waals surface area contributed by atoms with Crippen LogP contribution in [-0.4, -0.2) is 17.7 Å². The zero-order valence-electron chi connectivity index (χ0n) is 15.0. The summed E-state index contributed by atoms with van der Waals surface area (Å²) in [5, 5.41) is 9.48. The van der Waals surface area contributed by atoms with Gasteiger partial charge in [0.2, 0.25) is 0 Å². The van der Waals surface area contributed by atoms with Crippen molar-refractivity contribution in [1.29, 1.82) is 0 Å². The minimum absolute atomic E-state index is 0.299. The van der Waals surface area contributed by atoms with Gasteiger partial charge in [0.05, 0.1) is 0 Å². The Balaban J connectivity index is 1.54. The molecule has 2 aromatic carbocycles. The van der Waals surface area contributed by atoms with Gasteiger partial charge >= 0.3 is 5.97 Å². The lowest BCUT2D eigenvalue weighted by Crippen LogP contribution is -2.09. The van der Waals surface area contributed by atoms with E-state index in [9.17, 15) is 4.79 Å². The highest BCUT2D eigenvalue weighted by Gasteiger charge is 2.27. The van der Waals surface area contributed by atoms with E-state index in [0.29, 0.717) is 17.6 Å². The van der Waals surface area contributed by atoms with Crippen LogP contribution in [0.15, 0.2) is 48.5 Å². The van der Waals surface area contributed by atoms with Gasteiger partial charge < -0.3 is 9.84 Å². The number of carboxylic acid groups (broad SMARTS) is 1. The van der Waals surface area contributed by atoms with Gasteiger partial charge in [-0.2, -0.15) is 0 Å². The maximum atomic E-state index is 10.6. The lowest BCUT2D eigenvalue weighted by molar-refractivity contribution is -0.139. The fourth-order valence-corrected chi connectivity index (χ4v) is 4.22. The fraction of sp³-hybridized carbons (Fsp3) is 0.409. The molecule has 1 N–H and O–H groups in total. The highest BCUT2D eigenvalue weighted by atomic mass is 35.5. The minimum Gasteiger partial charge on any atom is -0.482 e. The van der Waals surface area contributed by atoms with Gasteiger partial charge in [0.25, 0.3) is 0 Å². The summed E-state index contributed by atoms with van der Waals surface area (Å²) in [4.78, 5) is 10.6. The molecule has 4 heteroatoms. The summed E-state index contributed by atoms with van der Waals surface area (Å²) in [6, 6.07) is 16.1. The summed E-state index contributed by atoms with van der Waals surface area (Å²) >= 11 is 6.12. The number of halogens is 1. The number of ether oxygens (including phenoxy) is 1. The predicted molar refractivity (Wildman–Crippen MR) is 104 cm³/mol. The second kappa shape index (κ2) is 8.59. The van der Waals surface area contributed by atoms with Crippen LogP contribution in [0.2, 0.25) is 5.02 Å². The molecule has 3 nitrogen and oxygen atoms in total. The van der Waals surface area contributed by atoms with Crippen molar-refractivity contribution in [2.24, 2.45) is 5.92 Å². The fourth-order valence-electron chi connectivity index (χ4n) is 4.02. The Hall–Kier alpha value is -2.00. The average Bonchev–Trinajstić information content (AvgIpc) is 3.09. The van der Waals surface area contributed by atoms with Crippen LogP contribution in [0.1, 0.15) is 55.6 Å². The van der Waals surface area contributed by atoms with Crippen molar-refractivity contribution in [1.82, 2.24) is 0 Å². The van der Waals surface area contributed by atoms with Crippen LogP contribution < -0.4 is 4.74 Å². The number of rotatable bonds is 7. The van der Waals surface area contributed by atoms with Gasteiger partial charge in [-0.3, -0.25) is 0 Å². The highest BCUT2D eigenvalue weighted by molar-refractivity contribution is 6.30. The van der Waals surface area contributed by atoms with Gasteiger partial charge in [-0.1, -0.05) is 42.8 Å². The van der Waals surface area contributed by atoms with E-state index in [1.54, 1.807) is 0 Å². The maximum Gasteiger partial charge on any atom is 0.341 e. The molecule has 1 fully saturated rings. The molecule has 0 saturated heterocycles. The van der Waals surface area contributed by atoms with Crippen molar-refractivity contribution in [3.63, 3.8) is 0 Å². The molecule has 3 rings (SSSR count). The number of benzene rings is 2. The SMILES string of the molecule is C[C@@H](C[C@H]1CC[C@@H](c2ccc(OCC(=O)O)cc2)C1)c1cccc(Cl)c1. The third-order valence-electron chi connectivity index (χ3n) is 5.36. The molecule has 26 heavy (non-hydrogen) atoms. The summed E-state index contributed by atoms with van der Waals surface area (Å²) < 4.78 is 5.21. The summed E-state index contributed by atoms with van der Waals surface area (Å²) in [7, 11) is 0. The van der Waals surface area contributed by atoms with Crippen LogP contribution in [0, 0.1) is 5.92 Å². The van der Waals surface area contributed by atoms with E-state index in [0.717, 1.165) is 10.9 Å². The van der Waals surface area contributed by atoms with Gasteiger partial charge in [0.15, 0.2) is 6.61 Å². The molecule has 0 unspecified atom stereocenters. The molecule has 1 aliphatic rings. The van der Waals surface area contributed by atoms with Gasteiger partial charge in [0, 0.05) is 5.02 Å². The van der Waals surface area contributed by atoms with Crippen LogP contribution in [0.5, 0.6) is 5.75 Å². The molecule has 2 aromatic rings. The van der Waals surface area contributed by atoms with Gasteiger partial charge in [0.1, 0.15) is 5.75 Å². The molecule has 0 spiro atoms. The normalized spacial score (nSPS) is 20.7. The monoisotopic (exact) mass is 372 g/mol. The average molecular weight is 373 g/mol. The smallest absolute Gasteiger partial charge is 0.341 e. The zero-order chi connectivity index (χ0) is 18.5. The molecule has 0 radical (unpaired) electrons. The molecule has 138 valence electrons. The molecule has 0 aliphatic heterocycles. The third kappa shape index (κ3) is 5.01. The molecule has 0 aromatic heterocycles. The second-order valence-electron chi connectivity index (χ2n) is 7.32. The Morgan fingerprint density at radius 2 is 2.00 bits per heavy atom. The number of aliphatic carboxylic acids is 1.